The zero-order valence-corrected chi connectivity index (χ0v) is 11.4. The lowest BCUT2D eigenvalue weighted by Gasteiger charge is -2.21. The van der Waals surface area contributed by atoms with Gasteiger partial charge in [-0.25, -0.2) is 0 Å². The Hall–Kier alpha value is -2.41. The highest BCUT2D eigenvalue weighted by Crippen LogP contribution is 2.12. The first kappa shape index (κ1) is 15.0. The van der Waals surface area contributed by atoms with E-state index in [-0.39, 0.29) is 24.5 Å². The van der Waals surface area contributed by atoms with Crippen LogP contribution in [0.4, 0.5) is 0 Å². The van der Waals surface area contributed by atoms with Crippen molar-refractivity contribution in [2.45, 2.75) is 25.4 Å². The van der Waals surface area contributed by atoms with Gasteiger partial charge < -0.3 is 15.8 Å². The van der Waals surface area contributed by atoms with E-state index in [1.165, 1.54) is 0 Å². The SMILES string of the molecule is NC(=O)COc1ccc(CNC2CCC(=O)NC2=O)cc1. The van der Waals surface area contributed by atoms with Crippen molar-refractivity contribution in [1.82, 2.24) is 10.6 Å². The van der Waals surface area contributed by atoms with Crippen molar-refractivity contribution in [2.24, 2.45) is 5.73 Å². The monoisotopic (exact) mass is 291 g/mol. The van der Waals surface area contributed by atoms with E-state index in [1.807, 2.05) is 12.1 Å². The van der Waals surface area contributed by atoms with E-state index < -0.39 is 5.91 Å². The highest BCUT2D eigenvalue weighted by Gasteiger charge is 2.25. The molecule has 21 heavy (non-hydrogen) atoms. The van der Waals surface area contributed by atoms with Crippen molar-refractivity contribution in [2.75, 3.05) is 6.61 Å². The van der Waals surface area contributed by atoms with Crippen LogP contribution in [0.15, 0.2) is 24.3 Å². The molecule has 0 radical (unpaired) electrons. The second-order valence-corrected chi connectivity index (χ2v) is 4.78. The summed E-state index contributed by atoms with van der Waals surface area (Å²) in [5.41, 5.74) is 5.95. The average molecular weight is 291 g/mol. The standard InChI is InChI=1S/C14H17N3O4/c15-12(18)8-21-10-3-1-9(2-4-10)7-16-11-5-6-13(19)17-14(11)20/h1-4,11,16H,5-8H2,(H2,15,18)(H,17,19,20). The molecule has 0 bridgehead atoms. The van der Waals surface area contributed by atoms with Crippen molar-refractivity contribution in [1.29, 1.82) is 0 Å². The number of carbonyl (C=O) groups excluding carboxylic acids is 3. The minimum Gasteiger partial charge on any atom is -0.484 e. The molecule has 0 saturated carbocycles. The molecule has 4 N–H and O–H groups in total. The Morgan fingerprint density at radius 3 is 2.67 bits per heavy atom. The first-order valence-corrected chi connectivity index (χ1v) is 6.62. The maximum absolute atomic E-state index is 11.6. The number of hydrogen-bond donors (Lipinski definition) is 3. The number of amides is 3. The molecule has 1 fully saturated rings. The number of primary amides is 1. The molecule has 7 nitrogen and oxygen atoms in total. The van der Waals surface area contributed by atoms with Gasteiger partial charge in [0.05, 0.1) is 6.04 Å². The molecule has 1 atom stereocenters. The van der Waals surface area contributed by atoms with Crippen LogP contribution in [0.2, 0.25) is 0 Å². The maximum Gasteiger partial charge on any atom is 0.255 e. The van der Waals surface area contributed by atoms with Crippen LogP contribution >= 0.6 is 0 Å². The topological polar surface area (TPSA) is 111 Å². The lowest BCUT2D eigenvalue weighted by atomic mass is 10.1. The second kappa shape index (κ2) is 6.85. The predicted octanol–water partition coefficient (Wildman–Crippen LogP) is -0.555. The third kappa shape index (κ3) is 4.57. The van der Waals surface area contributed by atoms with E-state index in [0.29, 0.717) is 25.1 Å². The lowest BCUT2D eigenvalue weighted by molar-refractivity contribution is -0.134. The Morgan fingerprint density at radius 2 is 2.05 bits per heavy atom. The summed E-state index contributed by atoms with van der Waals surface area (Å²) in [6.45, 7) is 0.343. The largest absolute Gasteiger partial charge is 0.484 e. The van der Waals surface area contributed by atoms with Gasteiger partial charge in [0.15, 0.2) is 6.61 Å². The Balaban J connectivity index is 1.82. The van der Waals surface area contributed by atoms with Gasteiger partial charge in [-0.1, -0.05) is 12.1 Å². The Kier molecular flexibility index (Phi) is 4.89. The number of benzene rings is 1. The van der Waals surface area contributed by atoms with Gasteiger partial charge in [0, 0.05) is 13.0 Å². The predicted molar refractivity (Wildman–Crippen MR) is 74.1 cm³/mol. The van der Waals surface area contributed by atoms with Crippen LogP contribution in [-0.2, 0) is 20.9 Å². The molecule has 0 spiro atoms. The number of hydrogen-bond acceptors (Lipinski definition) is 5. The zero-order chi connectivity index (χ0) is 15.2. The lowest BCUT2D eigenvalue weighted by Crippen LogP contribution is -2.50. The van der Waals surface area contributed by atoms with Gasteiger partial charge in [-0.2, -0.15) is 0 Å². The van der Waals surface area contributed by atoms with Gasteiger partial charge >= 0.3 is 0 Å². The van der Waals surface area contributed by atoms with Crippen LogP contribution < -0.4 is 21.1 Å². The Bertz CT molecular complexity index is 542. The van der Waals surface area contributed by atoms with E-state index in [0.717, 1.165) is 5.56 Å². The first-order chi connectivity index (χ1) is 10.0. The van der Waals surface area contributed by atoms with Gasteiger partial charge in [0.25, 0.3) is 5.91 Å². The zero-order valence-electron chi connectivity index (χ0n) is 11.4. The molecular weight excluding hydrogens is 274 g/mol. The third-order valence-electron chi connectivity index (χ3n) is 3.10. The third-order valence-corrected chi connectivity index (χ3v) is 3.10. The van der Waals surface area contributed by atoms with Crippen LogP contribution in [-0.4, -0.2) is 30.4 Å². The summed E-state index contributed by atoms with van der Waals surface area (Å²) < 4.78 is 5.15. The quantitative estimate of drug-likeness (QED) is 0.609. The molecule has 1 aliphatic rings. The van der Waals surface area contributed by atoms with E-state index in [2.05, 4.69) is 10.6 Å². The fourth-order valence-corrected chi connectivity index (χ4v) is 1.99. The fourth-order valence-electron chi connectivity index (χ4n) is 1.99. The summed E-state index contributed by atoms with van der Waals surface area (Å²) in [4.78, 5) is 33.2. The molecular formula is C14H17N3O4. The number of ether oxygens (including phenoxy) is 1. The molecule has 1 aromatic carbocycles. The van der Waals surface area contributed by atoms with E-state index >= 15 is 0 Å². The molecule has 0 aliphatic carbocycles. The molecule has 2 rings (SSSR count). The van der Waals surface area contributed by atoms with Crippen molar-refractivity contribution in [3.8, 4) is 5.75 Å². The number of imide groups is 1. The molecule has 3 amide bonds. The molecule has 1 aromatic rings. The summed E-state index contributed by atoms with van der Waals surface area (Å²) in [5.74, 6) is -0.487. The van der Waals surface area contributed by atoms with Gasteiger partial charge in [-0.05, 0) is 24.1 Å². The summed E-state index contributed by atoms with van der Waals surface area (Å²) in [6, 6.07) is 6.76. The number of rotatable bonds is 6. The molecule has 1 heterocycles. The molecule has 0 aromatic heterocycles. The van der Waals surface area contributed by atoms with Crippen LogP contribution in [0, 0.1) is 0 Å². The molecule has 1 saturated heterocycles. The van der Waals surface area contributed by atoms with Crippen molar-refractivity contribution >= 4 is 17.7 Å². The number of carbonyl (C=O) groups is 3. The molecule has 1 aliphatic heterocycles. The van der Waals surface area contributed by atoms with E-state index in [9.17, 15) is 14.4 Å². The molecule has 112 valence electrons. The maximum atomic E-state index is 11.6. The minimum atomic E-state index is -0.529. The number of nitrogens with one attached hydrogen (secondary N) is 2. The van der Waals surface area contributed by atoms with Crippen LogP contribution in [0.25, 0.3) is 0 Å². The second-order valence-electron chi connectivity index (χ2n) is 4.78. The van der Waals surface area contributed by atoms with Gasteiger partial charge in [-0.3, -0.25) is 19.7 Å². The summed E-state index contributed by atoms with van der Waals surface area (Å²) in [6.07, 6.45) is 0.855. The van der Waals surface area contributed by atoms with E-state index in [4.69, 9.17) is 10.5 Å². The Labute approximate surface area is 121 Å². The van der Waals surface area contributed by atoms with Crippen LogP contribution in [0.3, 0.4) is 0 Å². The summed E-state index contributed by atoms with van der Waals surface area (Å²) >= 11 is 0. The van der Waals surface area contributed by atoms with Gasteiger partial charge in [-0.15, -0.1) is 0 Å². The fraction of sp³-hybridized carbons (Fsp3) is 0.357. The van der Waals surface area contributed by atoms with Gasteiger partial charge in [0.2, 0.25) is 11.8 Å². The average Bonchev–Trinajstić information content (AvgIpc) is 2.45. The van der Waals surface area contributed by atoms with Crippen molar-refractivity contribution in [3.63, 3.8) is 0 Å². The van der Waals surface area contributed by atoms with Gasteiger partial charge in [0.1, 0.15) is 5.75 Å². The van der Waals surface area contributed by atoms with Crippen molar-refractivity contribution in [3.05, 3.63) is 29.8 Å². The number of nitrogens with two attached hydrogens (primary N) is 1. The molecule has 1 unspecified atom stereocenters. The molecule has 7 heteroatoms. The van der Waals surface area contributed by atoms with Crippen LogP contribution in [0.1, 0.15) is 18.4 Å². The normalized spacial score (nSPS) is 18.2. The Morgan fingerprint density at radius 1 is 1.33 bits per heavy atom. The highest BCUT2D eigenvalue weighted by molar-refractivity contribution is 6.00. The summed E-state index contributed by atoms with van der Waals surface area (Å²) in [7, 11) is 0. The number of piperidine rings is 1. The van der Waals surface area contributed by atoms with Crippen LogP contribution in [0.5, 0.6) is 5.75 Å². The minimum absolute atomic E-state index is 0.159. The van der Waals surface area contributed by atoms with E-state index in [1.54, 1.807) is 12.1 Å². The summed E-state index contributed by atoms with van der Waals surface area (Å²) in [5, 5.41) is 5.40. The highest BCUT2D eigenvalue weighted by atomic mass is 16.5. The van der Waals surface area contributed by atoms with Crippen molar-refractivity contribution < 1.29 is 19.1 Å². The first-order valence-electron chi connectivity index (χ1n) is 6.62. The smallest absolute Gasteiger partial charge is 0.255 e.